The molecule has 1 fully saturated rings. The van der Waals surface area contributed by atoms with Crippen molar-refractivity contribution in [2.75, 3.05) is 41.5 Å². The van der Waals surface area contributed by atoms with Gasteiger partial charge in [0.2, 0.25) is 0 Å². The van der Waals surface area contributed by atoms with E-state index in [9.17, 15) is 4.79 Å². The van der Waals surface area contributed by atoms with Gasteiger partial charge in [0.05, 0.1) is 23.5 Å². The highest BCUT2D eigenvalue weighted by Crippen LogP contribution is 2.31. The van der Waals surface area contributed by atoms with Gasteiger partial charge in [0.25, 0.3) is 0 Å². The summed E-state index contributed by atoms with van der Waals surface area (Å²) in [5, 5.41) is 11.2. The molecule has 1 aromatic heterocycles. The van der Waals surface area contributed by atoms with E-state index in [1.54, 1.807) is 33.7 Å². The van der Waals surface area contributed by atoms with Gasteiger partial charge in [0, 0.05) is 59.7 Å². The van der Waals surface area contributed by atoms with Crippen LogP contribution >= 0.6 is 0 Å². The van der Waals surface area contributed by atoms with Crippen LogP contribution in [0.3, 0.4) is 0 Å². The number of rotatable bonds is 7. The van der Waals surface area contributed by atoms with Crippen molar-refractivity contribution in [3.8, 4) is 0 Å². The molecule has 2 heterocycles. The molecular formula is C21H36N4O4. The van der Waals surface area contributed by atoms with Crippen LogP contribution in [-0.4, -0.2) is 75.8 Å². The monoisotopic (exact) mass is 408 g/mol. The smallest absolute Gasteiger partial charge is 0.147 e. The minimum atomic E-state index is -0.222. The van der Waals surface area contributed by atoms with Crippen molar-refractivity contribution in [3.63, 3.8) is 0 Å². The summed E-state index contributed by atoms with van der Waals surface area (Å²) < 4.78 is 9.68. The number of allylic oxidation sites excluding steroid dienone is 1. The Balaban J connectivity index is 0.00000143. The van der Waals surface area contributed by atoms with Crippen molar-refractivity contribution in [1.29, 1.82) is 0 Å². The molecule has 0 saturated carbocycles. The van der Waals surface area contributed by atoms with Crippen molar-refractivity contribution in [3.05, 3.63) is 29.4 Å². The van der Waals surface area contributed by atoms with Crippen LogP contribution in [0.4, 0.5) is 0 Å². The highest BCUT2D eigenvalue weighted by molar-refractivity contribution is 5.77. The van der Waals surface area contributed by atoms with Gasteiger partial charge in [-0.05, 0) is 25.5 Å². The van der Waals surface area contributed by atoms with Crippen LogP contribution in [0.2, 0.25) is 0 Å². The predicted molar refractivity (Wildman–Crippen MR) is 117 cm³/mol. The zero-order valence-electron chi connectivity index (χ0n) is 18.5. The van der Waals surface area contributed by atoms with E-state index in [2.05, 4.69) is 31.5 Å². The number of hydrogen-bond acceptors (Lipinski definition) is 8. The summed E-state index contributed by atoms with van der Waals surface area (Å²) in [6, 6.07) is 1.95. The molecule has 1 aliphatic heterocycles. The second-order valence-electron chi connectivity index (χ2n) is 6.85. The topological polar surface area (TPSA) is 101 Å². The number of likely N-dealkylation sites (tertiary alicyclic amines) is 1. The fourth-order valence-corrected chi connectivity index (χ4v) is 3.06. The molecule has 29 heavy (non-hydrogen) atoms. The summed E-state index contributed by atoms with van der Waals surface area (Å²) in [6.45, 7) is 9.35. The van der Waals surface area contributed by atoms with Crippen LogP contribution in [0.1, 0.15) is 50.0 Å². The number of hydrogen-bond donors (Lipinski definition) is 1. The summed E-state index contributed by atoms with van der Waals surface area (Å²) >= 11 is 0. The van der Waals surface area contributed by atoms with Gasteiger partial charge in [0.15, 0.2) is 0 Å². The van der Waals surface area contributed by atoms with Crippen molar-refractivity contribution < 1.29 is 19.2 Å². The summed E-state index contributed by atoms with van der Waals surface area (Å²) in [7, 11) is 6.00. The number of nitrogens with zero attached hydrogens (tertiary/aromatic N) is 4. The number of aliphatic hydroxyl groups excluding tert-OH is 1. The minimum Gasteiger partial charge on any atom is -0.400 e. The zero-order chi connectivity index (χ0) is 22.2. The van der Waals surface area contributed by atoms with E-state index < -0.39 is 0 Å². The number of methoxy groups -OCH3 is 1. The molecule has 0 aliphatic carbocycles. The maximum Gasteiger partial charge on any atom is 0.147 e. The second kappa shape index (κ2) is 15.6. The van der Waals surface area contributed by atoms with Gasteiger partial charge in [-0.15, -0.1) is 0 Å². The molecule has 8 heteroatoms. The number of carbonyl (C=O) groups is 1. The van der Waals surface area contributed by atoms with Gasteiger partial charge < -0.3 is 24.1 Å². The lowest BCUT2D eigenvalue weighted by atomic mass is 9.90. The van der Waals surface area contributed by atoms with Crippen molar-refractivity contribution in [1.82, 2.24) is 10.1 Å². The number of aromatic nitrogens is 1. The molecule has 1 saturated heterocycles. The highest BCUT2D eigenvalue weighted by Gasteiger charge is 2.26. The molecule has 0 bridgehead atoms. The lowest BCUT2D eigenvalue weighted by molar-refractivity contribution is -0.110. The normalized spacial score (nSPS) is 16.0. The first-order chi connectivity index (χ1) is 14.0. The van der Waals surface area contributed by atoms with Crippen LogP contribution < -0.4 is 0 Å². The fourth-order valence-electron chi connectivity index (χ4n) is 3.06. The lowest BCUT2D eigenvalue weighted by Crippen LogP contribution is -2.33. The van der Waals surface area contributed by atoms with Gasteiger partial charge >= 0.3 is 0 Å². The minimum absolute atomic E-state index is 0.206. The van der Waals surface area contributed by atoms with Crippen LogP contribution in [0, 0.1) is 5.92 Å². The Morgan fingerprint density at radius 2 is 1.97 bits per heavy atom. The molecule has 8 nitrogen and oxygen atoms in total. The Morgan fingerprint density at radius 1 is 1.38 bits per heavy atom. The van der Waals surface area contributed by atoms with Crippen LogP contribution in [0.15, 0.2) is 32.5 Å². The zero-order valence-corrected chi connectivity index (χ0v) is 18.5. The third-order valence-electron chi connectivity index (χ3n) is 4.50. The molecule has 1 aliphatic rings. The molecule has 0 radical (unpaired) electrons. The third kappa shape index (κ3) is 8.70. The fraction of sp³-hybridized carbons (Fsp3) is 0.619. The Hall–Kier alpha value is -2.32. The number of carbonyl (C=O) groups excluding carboxylic acids is 1. The quantitative estimate of drug-likeness (QED) is 0.550. The molecule has 164 valence electrons. The van der Waals surface area contributed by atoms with Gasteiger partial charge in [-0.25, -0.2) is 0 Å². The SMILES string of the molecule is C=N/C=C(\C=NC)N1CCC(c2cc(C(C=O)C(C)C)on2)CC1.CO.COC. The van der Waals surface area contributed by atoms with E-state index in [1.165, 1.54) is 0 Å². The third-order valence-corrected chi connectivity index (χ3v) is 4.50. The molecule has 1 aromatic rings. The van der Waals surface area contributed by atoms with E-state index in [0.29, 0.717) is 11.7 Å². The molecule has 1 atom stereocenters. The van der Waals surface area contributed by atoms with Crippen LogP contribution in [-0.2, 0) is 9.53 Å². The van der Waals surface area contributed by atoms with Crippen LogP contribution in [0.25, 0.3) is 0 Å². The van der Waals surface area contributed by atoms with Gasteiger partial charge in [-0.3, -0.25) is 9.98 Å². The first-order valence-electron chi connectivity index (χ1n) is 9.62. The number of aliphatic imine (C=N–C) groups is 2. The Kier molecular flexibility index (Phi) is 14.3. The second-order valence-corrected chi connectivity index (χ2v) is 6.85. The summed E-state index contributed by atoms with van der Waals surface area (Å²) in [5.74, 6) is 1.01. The first-order valence-corrected chi connectivity index (χ1v) is 9.62. The Labute approximate surface area is 174 Å². The summed E-state index contributed by atoms with van der Waals surface area (Å²) in [6.07, 6.45) is 6.44. The van der Waals surface area contributed by atoms with E-state index >= 15 is 0 Å². The average Bonchev–Trinajstić information content (AvgIpc) is 3.20. The lowest BCUT2D eigenvalue weighted by Gasteiger charge is -2.32. The van der Waals surface area contributed by atoms with E-state index in [-0.39, 0.29) is 11.8 Å². The highest BCUT2D eigenvalue weighted by atomic mass is 16.5. The van der Waals surface area contributed by atoms with Gasteiger partial charge in [-0.2, -0.15) is 0 Å². The molecule has 1 unspecified atom stereocenters. The first kappa shape index (κ1) is 26.7. The molecule has 0 aromatic carbocycles. The Morgan fingerprint density at radius 3 is 2.41 bits per heavy atom. The summed E-state index contributed by atoms with van der Waals surface area (Å²) in [4.78, 5) is 21.4. The average molecular weight is 409 g/mol. The Bertz CT molecular complexity index is 632. The van der Waals surface area contributed by atoms with Crippen molar-refractivity contribution in [2.24, 2.45) is 15.9 Å². The van der Waals surface area contributed by atoms with E-state index in [0.717, 1.165) is 50.7 Å². The van der Waals surface area contributed by atoms with Gasteiger partial charge in [0.1, 0.15) is 12.0 Å². The van der Waals surface area contributed by atoms with Crippen molar-refractivity contribution in [2.45, 2.75) is 38.5 Å². The molecule has 0 spiro atoms. The maximum atomic E-state index is 11.2. The summed E-state index contributed by atoms with van der Waals surface area (Å²) in [5.41, 5.74) is 1.93. The number of aldehydes is 1. The number of piperidine rings is 1. The standard InChI is InChI=1S/C18H26N4O2.C2H6O.CH4O/c1-13(2)16(12-23)18-9-17(21-24-18)14-5-7-22(8-6-14)15(10-19-3)11-20-4;1-3-2;1-2/h9-14,16H,3,5-8H2,1-2,4H3;1-2H3;2H,1H3/b15-10+,20-11?;;. The van der Waals surface area contributed by atoms with Crippen molar-refractivity contribution >= 4 is 19.2 Å². The molecular weight excluding hydrogens is 372 g/mol. The number of aliphatic hydroxyl groups is 1. The predicted octanol–water partition coefficient (Wildman–Crippen LogP) is 2.91. The van der Waals surface area contributed by atoms with E-state index in [4.69, 9.17) is 9.63 Å². The molecule has 1 N–H and O–H groups in total. The van der Waals surface area contributed by atoms with Crippen LogP contribution in [0.5, 0.6) is 0 Å². The molecule has 2 rings (SSSR count). The van der Waals surface area contributed by atoms with Gasteiger partial charge in [-0.1, -0.05) is 19.0 Å². The molecule has 0 amide bonds. The largest absolute Gasteiger partial charge is 0.400 e. The number of ether oxygens (including phenoxy) is 1. The maximum absolute atomic E-state index is 11.2. The van der Waals surface area contributed by atoms with E-state index in [1.807, 2.05) is 19.9 Å².